The van der Waals surface area contributed by atoms with E-state index in [0.29, 0.717) is 17.4 Å². The number of amides is 3. The van der Waals surface area contributed by atoms with Crippen molar-refractivity contribution in [3.05, 3.63) is 29.3 Å². The molecule has 1 N–H and O–H groups in total. The number of para-hydroxylation sites is 1. The van der Waals surface area contributed by atoms with Gasteiger partial charge >= 0.3 is 6.03 Å². The molecular formula is C19H28N4O2S2. The van der Waals surface area contributed by atoms with E-state index < -0.39 is 0 Å². The number of thiocarbonyl (C=S) groups is 1. The highest BCUT2D eigenvalue weighted by molar-refractivity contribution is 8.23. The first-order valence-electron chi connectivity index (χ1n) is 9.22. The van der Waals surface area contributed by atoms with Crippen LogP contribution in [-0.4, -0.2) is 64.1 Å². The third-order valence-electron chi connectivity index (χ3n) is 4.47. The molecule has 0 aromatic heterocycles. The molecule has 0 spiro atoms. The second-order valence-corrected chi connectivity index (χ2v) is 8.14. The Hall–Kier alpha value is -1.80. The summed E-state index contributed by atoms with van der Waals surface area (Å²) in [6, 6.07) is 5.82. The lowest BCUT2D eigenvalue weighted by atomic mass is 10.0. The van der Waals surface area contributed by atoms with Crippen LogP contribution in [0, 0.1) is 0 Å². The summed E-state index contributed by atoms with van der Waals surface area (Å²) < 4.78 is 0.656. The summed E-state index contributed by atoms with van der Waals surface area (Å²) in [5, 5.41) is 6.11. The highest BCUT2D eigenvalue weighted by atomic mass is 32.2. The predicted molar refractivity (Wildman–Crippen MR) is 116 cm³/mol. The van der Waals surface area contributed by atoms with E-state index >= 15 is 0 Å². The molecule has 1 aliphatic rings. The highest BCUT2D eigenvalue weighted by Crippen LogP contribution is 2.24. The number of nitrogens with zero attached hydrogens (tertiary/aromatic N) is 3. The molecule has 1 saturated heterocycles. The van der Waals surface area contributed by atoms with E-state index in [1.807, 2.05) is 32.3 Å². The lowest BCUT2D eigenvalue weighted by molar-refractivity contribution is -0.136. The molecule has 0 saturated carbocycles. The van der Waals surface area contributed by atoms with E-state index in [1.165, 1.54) is 16.8 Å². The molecule has 27 heavy (non-hydrogen) atoms. The average molecular weight is 409 g/mol. The maximum absolute atomic E-state index is 12.9. The maximum atomic E-state index is 12.9. The molecule has 1 aromatic rings. The number of hydrogen-bond donors (Lipinski definition) is 1. The van der Waals surface area contributed by atoms with E-state index in [-0.39, 0.29) is 17.7 Å². The van der Waals surface area contributed by atoms with Crippen LogP contribution >= 0.6 is 24.0 Å². The van der Waals surface area contributed by atoms with Crippen molar-refractivity contribution in [3.8, 4) is 0 Å². The van der Waals surface area contributed by atoms with Crippen LogP contribution in [0.3, 0.4) is 0 Å². The third kappa shape index (κ3) is 5.35. The van der Waals surface area contributed by atoms with Gasteiger partial charge in [-0.1, -0.05) is 56.0 Å². The summed E-state index contributed by atoms with van der Waals surface area (Å²) in [5.74, 6) is 0.128. The van der Waals surface area contributed by atoms with Gasteiger partial charge < -0.3 is 10.2 Å². The summed E-state index contributed by atoms with van der Waals surface area (Å²) in [4.78, 5) is 27.3. The van der Waals surface area contributed by atoms with Gasteiger partial charge in [-0.15, -0.1) is 0 Å². The minimum atomic E-state index is -0.253. The standard InChI is InChI=1S/C19H28N4O2S2/c1-5-14-9-7-10-15(6-2)17(14)20-18(25)23-12-8-11-22(23)16(24)13-27-19(26)21(3)4/h7,9-10H,5-6,8,11-13H2,1-4H3,(H,20,25). The van der Waals surface area contributed by atoms with Crippen LogP contribution in [0.2, 0.25) is 0 Å². The molecule has 0 radical (unpaired) electrons. The minimum Gasteiger partial charge on any atom is -0.364 e. The van der Waals surface area contributed by atoms with Crippen LogP contribution in [0.5, 0.6) is 0 Å². The molecular weight excluding hydrogens is 380 g/mol. The summed E-state index contributed by atoms with van der Waals surface area (Å²) >= 11 is 6.54. The molecule has 2 rings (SSSR count). The fraction of sp³-hybridized carbons (Fsp3) is 0.526. The molecule has 0 bridgehead atoms. The van der Waals surface area contributed by atoms with Gasteiger partial charge in [-0.3, -0.25) is 4.79 Å². The Morgan fingerprint density at radius 3 is 2.30 bits per heavy atom. The first-order chi connectivity index (χ1) is 12.9. The molecule has 3 amide bonds. The molecule has 0 unspecified atom stereocenters. The smallest absolute Gasteiger partial charge is 0.340 e. The summed E-state index contributed by atoms with van der Waals surface area (Å²) in [7, 11) is 3.71. The SMILES string of the molecule is CCc1cccc(CC)c1NC(=O)N1CCCN1C(=O)CSC(=S)N(C)C. The Morgan fingerprint density at radius 1 is 1.15 bits per heavy atom. The fourth-order valence-corrected chi connectivity index (χ4v) is 3.81. The van der Waals surface area contributed by atoms with Crippen molar-refractivity contribution in [1.29, 1.82) is 0 Å². The molecule has 148 valence electrons. The van der Waals surface area contributed by atoms with Gasteiger partial charge in [-0.25, -0.2) is 14.8 Å². The fourth-order valence-electron chi connectivity index (χ4n) is 2.98. The number of anilines is 1. The van der Waals surface area contributed by atoms with Crippen LogP contribution in [0.1, 0.15) is 31.4 Å². The second kappa shape index (κ2) is 9.94. The van der Waals surface area contributed by atoms with E-state index in [1.54, 1.807) is 9.91 Å². The first kappa shape index (κ1) is 21.5. The number of rotatable bonds is 5. The van der Waals surface area contributed by atoms with E-state index in [9.17, 15) is 9.59 Å². The highest BCUT2D eigenvalue weighted by Gasteiger charge is 2.31. The number of hydrazine groups is 1. The lowest BCUT2D eigenvalue weighted by Gasteiger charge is -2.29. The predicted octanol–water partition coefficient (Wildman–Crippen LogP) is 3.37. The Labute approximate surface area is 171 Å². The zero-order valence-corrected chi connectivity index (χ0v) is 18.1. The number of benzene rings is 1. The van der Waals surface area contributed by atoms with E-state index in [4.69, 9.17) is 12.2 Å². The Bertz CT molecular complexity index is 687. The molecule has 1 aromatic carbocycles. The Balaban J connectivity index is 2.07. The molecule has 8 heteroatoms. The van der Waals surface area contributed by atoms with Crippen LogP contribution in [-0.2, 0) is 17.6 Å². The number of aryl methyl sites for hydroxylation is 2. The van der Waals surface area contributed by atoms with Crippen molar-refractivity contribution < 1.29 is 9.59 Å². The number of urea groups is 1. The second-order valence-electron chi connectivity index (χ2n) is 6.53. The van der Waals surface area contributed by atoms with Crippen molar-refractivity contribution in [2.45, 2.75) is 33.1 Å². The van der Waals surface area contributed by atoms with Gasteiger partial charge in [0.25, 0.3) is 5.91 Å². The van der Waals surface area contributed by atoms with Crippen molar-refractivity contribution in [2.75, 3.05) is 38.3 Å². The van der Waals surface area contributed by atoms with Gasteiger partial charge in [0.1, 0.15) is 4.32 Å². The quantitative estimate of drug-likeness (QED) is 0.757. The van der Waals surface area contributed by atoms with Crippen molar-refractivity contribution in [3.63, 3.8) is 0 Å². The largest absolute Gasteiger partial charge is 0.364 e. The van der Waals surface area contributed by atoms with Gasteiger partial charge in [0.2, 0.25) is 0 Å². The molecule has 1 heterocycles. The summed E-state index contributed by atoms with van der Waals surface area (Å²) in [6.45, 7) is 5.23. The number of hydrogen-bond acceptors (Lipinski definition) is 4. The topological polar surface area (TPSA) is 55.9 Å². The molecule has 0 aliphatic carbocycles. The number of nitrogens with one attached hydrogen (secondary N) is 1. The number of thioether (sulfide) groups is 1. The van der Waals surface area contributed by atoms with Gasteiger partial charge in [-0.2, -0.15) is 0 Å². The van der Waals surface area contributed by atoms with Gasteiger partial charge in [0.15, 0.2) is 0 Å². The molecule has 0 atom stereocenters. The van der Waals surface area contributed by atoms with Gasteiger partial charge in [-0.05, 0) is 30.4 Å². The van der Waals surface area contributed by atoms with Crippen LogP contribution in [0.15, 0.2) is 18.2 Å². The summed E-state index contributed by atoms with van der Waals surface area (Å²) in [6.07, 6.45) is 2.45. The van der Waals surface area contributed by atoms with Crippen molar-refractivity contribution in [2.24, 2.45) is 0 Å². The molecule has 1 fully saturated rings. The molecule has 1 aliphatic heterocycles. The Kier molecular flexibility index (Phi) is 7.91. The normalized spacial score (nSPS) is 13.6. The van der Waals surface area contributed by atoms with Gasteiger partial charge in [0.05, 0.1) is 5.75 Å². The average Bonchev–Trinajstić information content (AvgIpc) is 3.15. The summed E-state index contributed by atoms with van der Waals surface area (Å²) in [5.41, 5.74) is 3.08. The molecule has 6 nitrogen and oxygen atoms in total. The maximum Gasteiger partial charge on any atom is 0.340 e. The first-order valence-corrected chi connectivity index (χ1v) is 10.6. The number of carbonyl (C=O) groups excluding carboxylic acids is 2. The van der Waals surface area contributed by atoms with Gasteiger partial charge in [0, 0.05) is 32.9 Å². The van der Waals surface area contributed by atoms with Crippen LogP contribution < -0.4 is 5.32 Å². The van der Waals surface area contributed by atoms with Crippen LogP contribution in [0.25, 0.3) is 0 Å². The van der Waals surface area contributed by atoms with E-state index in [2.05, 4.69) is 19.2 Å². The number of carbonyl (C=O) groups is 2. The van der Waals surface area contributed by atoms with Crippen molar-refractivity contribution >= 4 is 45.9 Å². The Morgan fingerprint density at radius 2 is 1.74 bits per heavy atom. The zero-order valence-electron chi connectivity index (χ0n) is 16.4. The lowest BCUT2D eigenvalue weighted by Crippen LogP contribution is -2.47. The van der Waals surface area contributed by atoms with Crippen LogP contribution in [0.4, 0.5) is 10.5 Å². The minimum absolute atomic E-state index is 0.101. The zero-order chi connectivity index (χ0) is 20.0. The van der Waals surface area contributed by atoms with E-state index in [0.717, 1.165) is 36.1 Å². The third-order valence-corrected chi connectivity index (χ3v) is 6.19. The monoisotopic (exact) mass is 408 g/mol. The van der Waals surface area contributed by atoms with Crippen molar-refractivity contribution in [1.82, 2.24) is 14.9 Å².